The van der Waals surface area contributed by atoms with Crippen LogP contribution in [0.15, 0.2) is 23.8 Å². The molecule has 4 aliphatic rings. The van der Waals surface area contributed by atoms with Gasteiger partial charge in [0.1, 0.15) is 12.7 Å². The number of allylic oxidation sites excluding steroid dienone is 2. The van der Waals surface area contributed by atoms with E-state index in [1.165, 1.54) is 5.57 Å². The Balaban J connectivity index is 1.57. The molecule has 0 aromatic carbocycles. The van der Waals surface area contributed by atoms with E-state index in [9.17, 15) is 4.79 Å². The molecule has 2 saturated heterocycles. The number of hydrogen-bond acceptors (Lipinski definition) is 5. The minimum absolute atomic E-state index is 0.00112. The predicted octanol–water partition coefficient (Wildman–Crippen LogP) is 6.79. The molecule has 2 heterocycles. The molecule has 0 radical (unpaired) electrons. The van der Waals surface area contributed by atoms with Crippen molar-refractivity contribution in [2.75, 3.05) is 13.2 Å². The monoisotopic (exact) mass is 504 g/mol. The average Bonchev–Trinajstić information content (AvgIpc) is 3.16. The van der Waals surface area contributed by atoms with Gasteiger partial charge in [-0.3, -0.25) is 0 Å². The Hall–Kier alpha value is -0.953. The Morgan fingerprint density at radius 2 is 1.77 bits per heavy atom. The molecule has 5 nitrogen and oxygen atoms in total. The maximum Gasteiger partial charge on any atom is 0.336 e. The lowest BCUT2D eigenvalue weighted by molar-refractivity contribution is -0.344. The molecule has 0 unspecified atom stereocenters. The van der Waals surface area contributed by atoms with Crippen LogP contribution in [0.5, 0.6) is 0 Å². The number of fused-ring (bicyclic) bond motifs is 3. The van der Waals surface area contributed by atoms with Crippen LogP contribution in [-0.2, 0) is 23.4 Å². The van der Waals surface area contributed by atoms with Crippen LogP contribution in [0.4, 0.5) is 0 Å². The number of carbonyl (C=O) groups is 1. The molecule has 198 valence electrons. The van der Waals surface area contributed by atoms with Gasteiger partial charge in [-0.2, -0.15) is 0 Å². The van der Waals surface area contributed by atoms with Crippen molar-refractivity contribution in [1.82, 2.24) is 0 Å². The lowest BCUT2D eigenvalue weighted by Crippen LogP contribution is -2.62. The zero-order valence-corrected chi connectivity index (χ0v) is 24.2. The van der Waals surface area contributed by atoms with Gasteiger partial charge in [-0.25, -0.2) is 4.79 Å². The second-order valence-electron chi connectivity index (χ2n) is 12.5. The Morgan fingerprint density at radius 3 is 2.43 bits per heavy atom. The number of carbonyl (C=O) groups excluding carboxylic acids is 1. The molecule has 0 aromatic heterocycles. The quantitative estimate of drug-likeness (QED) is 0.165. The number of rotatable bonds is 7. The molecule has 0 bridgehead atoms. The molecular weight excluding hydrogens is 456 g/mol. The van der Waals surface area contributed by atoms with E-state index in [1.54, 1.807) is 0 Å². The van der Waals surface area contributed by atoms with E-state index in [0.717, 1.165) is 62.4 Å². The highest BCUT2D eigenvalue weighted by atomic mass is 28.4. The van der Waals surface area contributed by atoms with Crippen molar-refractivity contribution in [3.63, 3.8) is 0 Å². The van der Waals surface area contributed by atoms with Crippen LogP contribution in [-0.4, -0.2) is 45.5 Å². The van der Waals surface area contributed by atoms with Gasteiger partial charge in [-0.15, -0.1) is 0 Å². The van der Waals surface area contributed by atoms with Crippen molar-refractivity contribution >= 4 is 14.3 Å². The maximum absolute atomic E-state index is 12.7. The largest absolute Gasteiger partial charge is 0.459 e. The Kier molecular flexibility index (Phi) is 7.53. The number of esters is 1. The summed E-state index contributed by atoms with van der Waals surface area (Å²) in [5.41, 5.74) is 2.17. The topological polar surface area (TPSA) is 54.0 Å². The summed E-state index contributed by atoms with van der Waals surface area (Å²) in [4.78, 5) is 12.7. The molecule has 0 spiro atoms. The second kappa shape index (κ2) is 9.73. The summed E-state index contributed by atoms with van der Waals surface area (Å²) < 4.78 is 24.9. The van der Waals surface area contributed by atoms with Gasteiger partial charge in [0.15, 0.2) is 14.1 Å². The number of cyclic esters (lactones) is 1. The molecule has 6 atom stereocenters. The maximum atomic E-state index is 12.7. The summed E-state index contributed by atoms with van der Waals surface area (Å²) in [6, 6.07) is 3.20. The van der Waals surface area contributed by atoms with Crippen molar-refractivity contribution in [2.24, 2.45) is 22.7 Å². The molecule has 4 rings (SSSR count). The Morgan fingerprint density at radius 1 is 1.09 bits per heavy atom. The third-order valence-electron chi connectivity index (χ3n) is 10.3. The molecule has 2 saturated carbocycles. The fraction of sp³-hybridized carbons (Fsp3) is 0.828. The fourth-order valence-electron chi connectivity index (χ4n) is 7.81. The van der Waals surface area contributed by atoms with E-state index in [-0.39, 0.29) is 29.0 Å². The van der Waals surface area contributed by atoms with Crippen LogP contribution in [0, 0.1) is 22.7 Å². The van der Waals surface area contributed by atoms with Gasteiger partial charge >= 0.3 is 5.97 Å². The van der Waals surface area contributed by atoms with Gasteiger partial charge in [-0.05, 0) is 81.3 Å². The van der Waals surface area contributed by atoms with Crippen LogP contribution in [0.25, 0.3) is 0 Å². The average molecular weight is 505 g/mol. The molecular formula is C29H48O5Si. The third kappa shape index (κ3) is 4.73. The van der Waals surface area contributed by atoms with E-state index in [1.807, 2.05) is 13.8 Å². The zero-order chi connectivity index (χ0) is 25.6. The zero-order valence-electron chi connectivity index (χ0n) is 23.2. The summed E-state index contributed by atoms with van der Waals surface area (Å²) in [5.74, 6) is 0.130. The van der Waals surface area contributed by atoms with Crippen molar-refractivity contribution in [3.8, 4) is 0 Å². The van der Waals surface area contributed by atoms with E-state index < -0.39 is 14.1 Å². The first-order valence-electron chi connectivity index (χ1n) is 14.0. The highest BCUT2D eigenvalue weighted by molar-refractivity contribution is 6.73. The standard InChI is InChI=1S/C29H48O5Si/c1-9-35(10-2,11-3)34-23-18-31-26(30)21(23)13-14-22-20(4)12-15-24-28(22,7)17-16-25-29(24,8)19-32-27(5,6)33-25/h13,22-25H,4,9-12,14-19H2,1-3,5-8H3/b21-13+/t22-,23-,24+,25-,28+,29+/m1/s1. The summed E-state index contributed by atoms with van der Waals surface area (Å²) >= 11 is 0. The van der Waals surface area contributed by atoms with Gasteiger partial charge in [0.05, 0.1) is 18.3 Å². The first kappa shape index (κ1) is 27.1. The molecule has 2 aliphatic carbocycles. The van der Waals surface area contributed by atoms with E-state index in [0.29, 0.717) is 18.4 Å². The van der Waals surface area contributed by atoms with E-state index in [2.05, 4.69) is 47.3 Å². The highest BCUT2D eigenvalue weighted by Crippen LogP contribution is 2.63. The first-order chi connectivity index (χ1) is 16.4. The molecule has 0 N–H and O–H groups in total. The van der Waals surface area contributed by atoms with Gasteiger partial charge < -0.3 is 18.6 Å². The van der Waals surface area contributed by atoms with Gasteiger partial charge in [0.2, 0.25) is 0 Å². The van der Waals surface area contributed by atoms with Gasteiger partial charge in [-0.1, -0.05) is 52.8 Å². The molecule has 4 fully saturated rings. The smallest absolute Gasteiger partial charge is 0.336 e. The van der Waals surface area contributed by atoms with Crippen LogP contribution < -0.4 is 0 Å². The van der Waals surface area contributed by atoms with Crippen molar-refractivity contribution in [1.29, 1.82) is 0 Å². The number of hydrogen-bond donors (Lipinski definition) is 0. The second-order valence-corrected chi connectivity index (χ2v) is 17.2. The third-order valence-corrected chi connectivity index (χ3v) is 15.0. The van der Waals surface area contributed by atoms with Crippen molar-refractivity contribution in [2.45, 2.75) is 117 Å². The van der Waals surface area contributed by atoms with Gasteiger partial charge in [0, 0.05) is 5.41 Å². The SMILES string of the molecule is C=C1CC[C@@H]2[C@]3(C)COC(C)(C)O[C@@H]3CC[C@@]2(C)[C@@H]1C/C=C1/C(=O)OC[C@H]1O[Si](CC)(CC)CC. The van der Waals surface area contributed by atoms with Crippen LogP contribution in [0.3, 0.4) is 0 Å². The molecule has 35 heavy (non-hydrogen) atoms. The lowest BCUT2D eigenvalue weighted by atomic mass is 9.46. The fourth-order valence-corrected chi connectivity index (χ4v) is 10.6. The van der Waals surface area contributed by atoms with Crippen molar-refractivity contribution < 1.29 is 23.4 Å². The van der Waals surface area contributed by atoms with E-state index in [4.69, 9.17) is 18.6 Å². The molecule has 2 aliphatic heterocycles. The van der Waals surface area contributed by atoms with Crippen LogP contribution >= 0.6 is 0 Å². The Bertz CT molecular complexity index is 853. The molecule has 6 heteroatoms. The minimum Gasteiger partial charge on any atom is -0.459 e. The van der Waals surface area contributed by atoms with E-state index >= 15 is 0 Å². The first-order valence-corrected chi connectivity index (χ1v) is 16.5. The minimum atomic E-state index is -1.84. The van der Waals surface area contributed by atoms with Gasteiger partial charge in [0.25, 0.3) is 0 Å². The molecule has 0 amide bonds. The lowest BCUT2D eigenvalue weighted by Gasteiger charge is -2.63. The number of ether oxygens (including phenoxy) is 3. The summed E-state index contributed by atoms with van der Waals surface area (Å²) in [5, 5.41) is 0. The Labute approximate surface area is 214 Å². The van der Waals surface area contributed by atoms with Crippen molar-refractivity contribution in [3.05, 3.63) is 23.8 Å². The normalized spacial score (nSPS) is 40.4. The molecule has 0 aromatic rings. The summed E-state index contributed by atoms with van der Waals surface area (Å²) in [7, 11) is -1.84. The van der Waals surface area contributed by atoms with Crippen LogP contribution in [0.2, 0.25) is 18.1 Å². The summed E-state index contributed by atoms with van der Waals surface area (Å²) in [6.45, 7) is 21.2. The van der Waals surface area contributed by atoms with Crippen LogP contribution in [0.1, 0.15) is 80.6 Å². The highest BCUT2D eigenvalue weighted by Gasteiger charge is 2.60. The summed E-state index contributed by atoms with van der Waals surface area (Å²) in [6.07, 6.45) is 7.30. The predicted molar refractivity (Wildman–Crippen MR) is 141 cm³/mol.